The molecule has 1 atom stereocenters. The second kappa shape index (κ2) is 10.9. The minimum Gasteiger partial charge on any atom is -0.497 e. The van der Waals surface area contributed by atoms with Gasteiger partial charge in [0.25, 0.3) is 0 Å². The van der Waals surface area contributed by atoms with Crippen LogP contribution in [-0.2, 0) is 21.2 Å². The quantitative estimate of drug-likeness (QED) is 0.508. The van der Waals surface area contributed by atoms with Crippen LogP contribution in [0.25, 0.3) is 0 Å². The monoisotopic (exact) mass is 452 g/mol. The molecule has 1 amide bonds. The minimum absolute atomic E-state index is 0.121. The third-order valence-electron chi connectivity index (χ3n) is 5.19. The van der Waals surface area contributed by atoms with Crippen LogP contribution in [0.3, 0.4) is 0 Å². The summed E-state index contributed by atoms with van der Waals surface area (Å²) in [6.07, 6.45) is 0.498. The zero-order chi connectivity index (χ0) is 23.0. The maximum atomic E-state index is 13.3. The summed E-state index contributed by atoms with van der Waals surface area (Å²) in [5, 5.41) is 2.90. The molecule has 0 aliphatic carbocycles. The molecule has 6 nitrogen and oxygen atoms in total. The molecular weight excluding hydrogens is 424 g/mol. The molecule has 0 heterocycles. The van der Waals surface area contributed by atoms with Gasteiger partial charge >= 0.3 is 0 Å². The highest BCUT2D eigenvalue weighted by Gasteiger charge is 2.27. The van der Waals surface area contributed by atoms with E-state index in [1.54, 1.807) is 12.1 Å². The van der Waals surface area contributed by atoms with Crippen molar-refractivity contribution in [2.24, 2.45) is 0 Å². The molecule has 0 aliphatic heterocycles. The van der Waals surface area contributed by atoms with Crippen molar-refractivity contribution in [3.63, 3.8) is 0 Å². The number of nitrogens with one attached hydrogen (secondary N) is 1. The third kappa shape index (κ3) is 6.18. The number of carbonyl (C=O) groups is 1. The maximum Gasteiger partial charge on any atom is 0.243 e. The molecule has 0 bridgehead atoms. The summed E-state index contributed by atoms with van der Waals surface area (Å²) in [7, 11) is -2.35. The predicted molar refractivity (Wildman–Crippen MR) is 125 cm³/mol. The largest absolute Gasteiger partial charge is 0.497 e. The fourth-order valence-electron chi connectivity index (χ4n) is 3.35. The lowest BCUT2D eigenvalue weighted by atomic mass is 10.1. The van der Waals surface area contributed by atoms with Gasteiger partial charge in [-0.1, -0.05) is 60.7 Å². The molecule has 0 saturated heterocycles. The third-order valence-corrected chi connectivity index (χ3v) is 7.05. The summed E-state index contributed by atoms with van der Waals surface area (Å²) >= 11 is 0. The molecule has 0 fully saturated rings. The summed E-state index contributed by atoms with van der Waals surface area (Å²) in [6.45, 7) is 1.80. The van der Waals surface area contributed by atoms with Crippen LogP contribution < -0.4 is 10.1 Å². The number of hydrogen-bond donors (Lipinski definition) is 1. The fourth-order valence-corrected chi connectivity index (χ4v) is 4.75. The van der Waals surface area contributed by atoms with E-state index in [0.717, 1.165) is 11.1 Å². The molecule has 1 N–H and O–H groups in total. The number of sulfonamides is 1. The average molecular weight is 453 g/mol. The normalized spacial score (nSPS) is 12.3. The van der Waals surface area contributed by atoms with Crippen LogP contribution in [0.4, 0.5) is 0 Å². The van der Waals surface area contributed by atoms with E-state index in [0.29, 0.717) is 12.2 Å². The molecule has 0 saturated carbocycles. The molecule has 7 heteroatoms. The van der Waals surface area contributed by atoms with Gasteiger partial charge < -0.3 is 10.1 Å². The molecule has 0 aromatic heterocycles. The first kappa shape index (κ1) is 23.5. The van der Waals surface area contributed by atoms with Crippen LogP contribution in [0.5, 0.6) is 5.75 Å². The van der Waals surface area contributed by atoms with Crippen LogP contribution in [0, 0.1) is 0 Å². The topological polar surface area (TPSA) is 75.7 Å². The molecule has 3 aromatic rings. The number of amides is 1. The summed E-state index contributed by atoms with van der Waals surface area (Å²) < 4.78 is 33.1. The van der Waals surface area contributed by atoms with Crippen molar-refractivity contribution in [3.05, 3.63) is 96.1 Å². The van der Waals surface area contributed by atoms with Gasteiger partial charge in [-0.05, 0) is 48.7 Å². The highest BCUT2D eigenvalue weighted by Crippen LogP contribution is 2.20. The van der Waals surface area contributed by atoms with Crippen LogP contribution >= 0.6 is 0 Å². The van der Waals surface area contributed by atoms with E-state index in [1.165, 1.54) is 23.5 Å². The Morgan fingerprint density at radius 2 is 1.53 bits per heavy atom. The fraction of sp³-hybridized carbons (Fsp3) is 0.240. The molecule has 0 spiro atoms. The maximum absolute atomic E-state index is 13.3. The smallest absolute Gasteiger partial charge is 0.243 e. The van der Waals surface area contributed by atoms with E-state index in [1.807, 2.05) is 67.6 Å². The van der Waals surface area contributed by atoms with E-state index >= 15 is 0 Å². The summed E-state index contributed by atoms with van der Waals surface area (Å²) in [4.78, 5) is 12.9. The molecule has 32 heavy (non-hydrogen) atoms. The Morgan fingerprint density at radius 1 is 0.938 bits per heavy atom. The van der Waals surface area contributed by atoms with Crippen LogP contribution in [0.1, 0.15) is 24.1 Å². The van der Waals surface area contributed by atoms with Gasteiger partial charge in [-0.25, -0.2) is 8.42 Å². The lowest BCUT2D eigenvalue weighted by Crippen LogP contribution is -2.42. The molecule has 3 aromatic carbocycles. The van der Waals surface area contributed by atoms with Gasteiger partial charge in [0.15, 0.2) is 0 Å². The van der Waals surface area contributed by atoms with E-state index in [9.17, 15) is 13.2 Å². The first-order valence-corrected chi connectivity index (χ1v) is 11.9. The second-order valence-electron chi connectivity index (χ2n) is 7.45. The van der Waals surface area contributed by atoms with Gasteiger partial charge in [0.05, 0.1) is 24.6 Å². The average Bonchev–Trinajstić information content (AvgIpc) is 2.82. The van der Waals surface area contributed by atoms with Gasteiger partial charge in [0.2, 0.25) is 15.9 Å². The van der Waals surface area contributed by atoms with Crippen molar-refractivity contribution >= 4 is 15.9 Å². The zero-order valence-electron chi connectivity index (χ0n) is 18.3. The molecule has 168 valence electrons. The van der Waals surface area contributed by atoms with Crippen molar-refractivity contribution in [3.8, 4) is 5.75 Å². The Kier molecular flexibility index (Phi) is 8.03. The second-order valence-corrected chi connectivity index (χ2v) is 9.39. The number of benzene rings is 3. The predicted octanol–water partition coefficient (Wildman–Crippen LogP) is 3.81. The van der Waals surface area contributed by atoms with E-state index in [-0.39, 0.29) is 29.9 Å². The van der Waals surface area contributed by atoms with E-state index < -0.39 is 10.0 Å². The Labute approximate surface area is 189 Å². The van der Waals surface area contributed by atoms with Crippen molar-refractivity contribution in [1.29, 1.82) is 0 Å². The van der Waals surface area contributed by atoms with Crippen molar-refractivity contribution < 1.29 is 17.9 Å². The SMILES string of the molecule is COc1ccc(S(=O)(=O)N(CCc2ccccc2)CC(=O)NC(C)c2ccccc2)cc1. The van der Waals surface area contributed by atoms with Gasteiger partial charge in [0, 0.05) is 6.54 Å². The molecule has 0 aliphatic rings. The Hall–Kier alpha value is -3.16. The zero-order valence-corrected chi connectivity index (χ0v) is 19.1. The van der Waals surface area contributed by atoms with Gasteiger partial charge in [-0.2, -0.15) is 4.31 Å². The number of rotatable bonds is 10. The van der Waals surface area contributed by atoms with Crippen LogP contribution in [0.2, 0.25) is 0 Å². The van der Waals surface area contributed by atoms with Crippen LogP contribution in [0.15, 0.2) is 89.8 Å². The van der Waals surface area contributed by atoms with Crippen molar-refractivity contribution in [2.45, 2.75) is 24.3 Å². The lowest BCUT2D eigenvalue weighted by molar-refractivity contribution is -0.121. The molecule has 1 unspecified atom stereocenters. The van der Waals surface area contributed by atoms with E-state index in [2.05, 4.69) is 5.32 Å². The van der Waals surface area contributed by atoms with Crippen molar-refractivity contribution in [1.82, 2.24) is 9.62 Å². The number of ether oxygens (including phenoxy) is 1. The highest BCUT2D eigenvalue weighted by molar-refractivity contribution is 7.89. The summed E-state index contributed by atoms with van der Waals surface area (Å²) in [5.41, 5.74) is 1.95. The van der Waals surface area contributed by atoms with Gasteiger partial charge in [0.1, 0.15) is 5.75 Å². The summed E-state index contributed by atoms with van der Waals surface area (Å²) in [6, 6.07) is 25.1. The first-order chi connectivity index (χ1) is 15.4. The number of hydrogen-bond acceptors (Lipinski definition) is 4. The van der Waals surface area contributed by atoms with Crippen LogP contribution in [-0.4, -0.2) is 38.8 Å². The molecular formula is C25H28N2O4S. The number of carbonyl (C=O) groups excluding carboxylic acids is 1. The van der Waals surface area contributed by atoms with Gasteiger partial charge in [-0.15, -0.1) is 0 Å². The number of nitrogens with zero attached hydrogens (tertiary/aromatic N) is 1. The Bertz CT molecular complexity index is 1100. The Balaban J connectivity index is 1.78. The first-order valence-electron chi connectivity index (χ1n) is 10.4. The molecule has 3 rings (SSSR count). The summed E-state index contributed by atoms with van der Waals surface area (Å²) in [5.74, 6) is 0.209. The van der Waals surface area contributed by atoms with Gasteiger partial charge in [-0.3, -0.25) is 4.79 Å². The lowest BCUT2D eigenvalue weighted by Gasteiger charge is -2.23. The van der Waals surface area contributed by atoms with E-state index in [4.69, 9.17) is 4.74 Å². The van der Waals surface area contributed by atoms with Crippen molar-refractivity contribution in [2.75, 3.05) is 20.2 Å². The standard InChI is InChI=1S/C25H28N2O4S/c1-20(22-11-7-4-8-12-22)26-25(28)19-27(18-17-21-9-5-3-6-10-21)32(29,30)24-15-13-23(31-2)14-16-24/h3-16,20H,17-19H2,1-2H3,(H,26,28). The number of methoxy groups -OCH3 is 1. The minimum atomic E-state index is -3.87. The molecule has 0 radical (unpaired) electrons. The highest BCUT2D eigenvalue weighted by atomic mass is 32.2. The Morgan fingerprint density at radius 3 is 2.12 bits per heavy atom.